The number of hydrogen-bond acceptors (Lipinski definition) is 5. The van der Waals surface area contributed by atoms with Crippen molar-refractivity contribution in [2.24, 2.45) is 7.05 Å². The minimum absolute atomic E-state index is 0.105. The van der Waals surface area contributed by atoms with E-state index in [-0.39, 0.29) is 17.6 Å². The Labute approximate surface area is 207 Å². The van der Waals surface area contributed by atoms with Gasteiger partial charge in [-0.2, -0.15) is 0 Å². The average Bonchev–Trinajstić information content (AvgIpc) is 3.13. The van der Waals surface area contributed by atoms with Gasteiger partial charge in [0.05, 0.1) is 15.8 Å². The first-order chi connectivity index (χ1) is 15.8. The summed E-state index contributed by atoms with van der Waals surface area (Å²) in [5, 5.41) is 15.5. The number of aromatic nitrogens is 3. The monoisotopic (exact) mass is 505 g/mol. The molecule has 0 aliphatic heterocycles. The quantitative estimate of drug-likeness (QED) is 0.401. The zero-order valence-corrected chi connectivity index (χ0v) is 20.9. The van der Waals surface area contributed by atoms with Gasteiger partial charge in [0.15, 0.2) is 5.16 Å². The second kappa shape index (κ2) is 11.5. The Kier molecular flexibility index (Phi) is 8.77. The summed E-state index contributed by atoms with van der Waals surface area (Å²) in [6, 6.07) is 12.5. The van der Waals surface area contributed by atoms with Crippen LogP contribution in [0.15, 0.2) is 47.6 Å². The number of carbonyl (C=O) groups is 2. The number of halogens is 2. The number of anilines is 1. The lowest BCUT2D eigenvalue weighted by Crippen LogP contribution is -2.26. The SMILES string of the molecule is CC(C)c1ccccc1NC(=O)CSc1nnc(CCNC(=O)c2ccc(Cl)c(Cl)c2)n1C. The Morgan fingerprint density at radius 2 is 1.85 bits per heavy atom. The van der Waals surface area contributed by atoms with Gasteiger partial charge in [0.1, 0.15) is 5.82 Å². The maximum Gasteiger partial charge on any atom is 0.251 e. The molecule has 1 heterocycles. The van der Waals surface area contributed by atoms with Crippen LogP contribution < -0.4 is 10.6 Å². The zero-order valence-electron chi connectivity index (χ0n) is 18.6. The maximum absolute atomic E-state index is 12.5. The number of para-hydroxylation sites is 1. The second-order valence-corrected chi connectivity index (χ2v) is 9.43. The molecule has 0 saturated heterocycles. The summed E-state index contributed by atoms with van der Waals surface area (Å²) in [4.78, 5) is 24.7. The molecule has 0 saturated carbocycles. The summed E-state index contributed by atoms with van der Waals surface area (Å²) >= 11 is 13.2. The number of amides is 2. The first kappa shape index (κ1) is 25.1. The Morgan fingerprint density at radius 3 is 2.58 bits per heavy atom. The van der Waals surface area contributed by atoms with Crippen LogP contribution in [0.25, 0.3) is 0 Å². The molecule has 2 aromatic carbocycles. The third-order valence-electron chi connectivity index (χ3n) is 4.93. The van der Waals surface area contributed by atoms with Crippen molar-refractivity contribution >= 4 is 52.5 Å². The van der Waals surface area contributed by atoms with E-state index in [4.69, 9.17) is 23.2 Å². The zero-order chi connectivity index (χ0) is 24.0. The molecule has 174 valence electrons. The normalized spacial score (nSPS) is 11.0. The number of hydrogen-bond donors (Lipinski definition) is 2. The Morgan fingerprint density at radius 1 is 1.09 bits per heavy atom. The van der Waals surface area contributed by atoms with Gasteiger partial charge in [-0.25, -0.2) is 0 Å². The number of thioether (sulfide) groups is 1. The van der Waals surface area contributed by atoms with E-state index in [2.05, 4.69) is 34.7 Å². The first-order valence-electron chi connectivity index (χ1n) is 10.4. The molecule has 0 spiro atoms. The van der Waals surface area contributed by atoms with Crippen LogP contribution in [0.3, 0.4) is 0 Å². The number of nitrogens with one attached hydrogen (secondary N) is 2. The highest BCUT2D eigenvalue weighted by atomic mass is 35.5. The van der Waals surface area contributed by atoms with Crippen LogP contribution in [-0.2, 0) is 18.3 Å². The topological polar surface area (TPSA) is 88.9 Å². The highest BCUT2D eigenvalue weighted by molar-refractivity contribution is 7.99. The van der Waals surface area contributed by atoms with E-state index in [9.17, 15) is 9.59 Å². The van der Waals surface area contributed by atoms with Crippen LogP contribution in [0.2, 0.25) is 10.0 Å². The van der Waals surface area contributed by atoms with E-state index in [1.807, 2.05) is 35.9 Å². The number of rotatable bonds is 9. The lowest BCUT2D eigenvalue weighted by atomic mass is 10.0. The van der Waals surface area contributed by atoms with Crippen LogP contribution in [-0.4, -0.2) is 38.9 Å². The number of nitrogens with zero attached hydrogens (tertiary/aromatic N) is 3. The van der Waals surface area contributed by atoms with Crippen molar-refractivity contribution in [1.82, 2.24) is 20.1 Å². The minimum Gasteiger partial charge on any atom is -0.352 e. The summed E-state index contributed by atoms with van der Waals surface area (Å²) < 4.78 is 1.82. The predicted molar refractivity (Wildman–Crippen MR) is 133 cm³/mol. The molecule has 2 amide bonds. The molecule has 7 nitrogen and oxygen atoms in total. The van der Waals surface area contributed by atoms with Crippen molar-refractivity contribution in [2.75, 3.05) is 17.6 Å². The van der Waals surface area contributed by atoms with E-state index < -0.39 is 0 Å². The molecule has 2 N–H and O–H groups in total. The van der Waals surface area contributed by atoms with Gasteiger partial charge in [0.2, 0.25) is 5.91 Å². The fraction of sp³-hybridized carbons (Fsp3) is 0.304. The maximum atomic E-state index is 12.5. The summed E-state index contributed by atoms with van der Waals surface area (Å²) in [6.07, 6.45) is 0.491. The fourth-order valence-corrected chi connectivity index (χ4v) is 4.17. The smallest absolute Gasteiger partial charge is 0.251 e. The molecule has 0 unspecified atom stereocenters. The van der Waals surface area contributed by atoms with Crippen molar-refractivity contribution in [3.05, 3.63) is 69.5 Å². The molecule has 0 aliphatic carbocycles. The molecule has 10 heteroatoms. The largest absolute Gasteiger partial charge is 0.352 e. The molecule has 33 heavy (non-hydrogen) atoms. The van der Waals surface area contributed by atoms with Crippen molar-refractivity contribution in [3.63, 3.8) is 0 Å². The van der Waals surface area contributed by atoms with Crippen LogP contribution in [0, 0.1) is 0 Å². The van der Waals surface area contributed by atoms with E-state index in [0.717, 1.165) is 11.3 Å². The van der Waals surface area contributed by atoms with Crippen LogP contribution >= 0.6 is 35.0 Å². The third kappa shape index (κ3) is 6.72. The van der Waals surface area contributed by atoms with Gasteiger partial charge in [-0.1, -0.05) is 67.0 Å². The molecule has 0 fully saturated rings. The molecule has 3 rings (SSSR count). The summed E-state index contributed by atoms with van der Waals surface area (Å²) in [5.41, 5.74) is 2.36. The van der Waals surface area contributed by atoms with Crippen molar-refractivity contribution in [1.29, 1.82) is 0 Å². The first-order valence-corrected chi connectivity index (χ1v) is 12.1. The molecule has 1 aromatic heterocycles. The van der Waals surface area contributed by atoms with Crippen LogP contribution in [0.1, 0.15) is 41.5 Å². The molecule has 0 radical (unpaired) electrons. The number of carbonyl (C=O) groups excluding carboxylic acids is 2. The highest BCUT2D eigenvalue weighted by Gasteiger charge is 2.14. The van der Waals surface area contributed by atoms with Gasteiger partial charge in [-0.3, -0.25) is 9.59 Å². The third-order valence-corrected chi connectivity index (χ3v) is 6.69. The van der Waals surface area contributed by atoms with Crippen LogP contribution in [0.4, 0.5) is 5.69 Å². The fourth-order valence-electron chi connectivity index (χ4n) is 3.15. The van der Waals surface area contributed by atoms with Gasteiger partial charge in [0.25, 0.3) is 5.91 Å². The lowest BCUT2D eigenvalue weighted by Gasteiger charge is -2.13. The van der Waals surface area contributed by atoms with E-state index in [1.165, 1.54) is 17.8 Å². The van der Waals surface area contributed by atoms with Gasteiger partial charge >= 0.3 is 0 Å². The van der Waals surface area contributed by atoms with Crippen molar-refractivity contribution < 1.29 is 9.59 Å². The molecule has 0 aliphatic rings. The van der Waals surface area contributed by atoms with E-state index in [0.29, 0.717) is 45.5 Å². The summed E-state index contributed by atoms with van der Waals surface area (Å²) in [5.74, 6) is 0.882. The van der Waals surface area contributed by atoms with E-state index in [1.54, 1.807) is 12.1 Å². The Balaban J connectivity index is 1.50. The highest BCUT2D eigenvalue weighted by Crippen LogP contribution is 2.25. The summed E-state index contributed by atoms with van der Waals surface area (Å²) in [7, 11) is 1.84. The van der Waals surface area contributed by atoms with Crippen molar-refractivity contribution in [3.8, 4) is 0 Å². The predicted octanol–water partition coefficient (Wildman–Crippen LogP) is 4.95. The van der Waals surface area contributed by atoms with Crippen molar-refractivity contribution in [2.45, 2.75) is 31.3 Å². The molecule has 3 aromatic rings. The second-order valence-electron chi connectivity index (χ2n) is 7.67. The van der Waals surface area contributed by atoms with Gasteiger partial charge in [-0.15, -0.1) is 10.2 Å². The lowest BCUT2D eigenvalue weighted by molar-refractivity contribution is -0.113. The average molecular weight is 506 g/mol. The van der Waals surface area contributed by atoms with Gasteiger partial charge in [-0.05, 0) is 35.7 Å². The number of benzene rings is 2. The van der Waals surface area contributed by atoms with Gasteiger partial charge < -0.3 is 15.2 Å². The molecular formula is C23H25Cl2N5O2S. The Hall–Kier alpha value is -2.55. The minimum atomic E-state index is -0.247. The molecule has 0 atom stereocenters. The standard InChI is InChI=1S/C23H25Cl2N5O2S/c1-14(2)16-6-4-5-7-19(16)27-21(31)13-33-23-29-28-20(30(23)3)10-11-26-22(32)15-8-9-17(24)18(25)12-15/h4-9,12,14H,10-11,13H2,1-3H3,(H,26,32)(H,27,31). The Bertz CT molecular complexity index is 1150. The summed E-state index contributed by atoms with van der Waals surface area (Å²) in [6.45, 7) is 4.56. The molecular weight excluding hydrogens is 481 g/mol. The van der Waals surface area contributed by atoms with Crippen LogP contribution in [0.5, 0.6) is 0 Å². The van der Waals surface area contributed by atoms with Gasteiger partial charge in [0, 0.05) is 31.3 Å². The van der Waals surface area contributed by atoms with E-state index >= 15 is 0 Å². The molecule has 0 bridgehead atoms.